The molecule has 1 N–H and O–H groups in total. The van der Waals surface area contributed by atoms with Gasteiger partial charge in [-0.25, -0.2) is 0 Å². The predicted octanol–water partition coefficient (Wildman–Crippen LogP) is 3.39. The molecule has 0 aliphatic heterocycles. The van der Waals surface area contributed by atoms with E-state index in [0.717, 1.165) is 15.6 Å². The molecule has 0 saturated heterocycles. The van der Waals surface area contributed by atoms with E-state index in [1.165, 1.54) is 0 Å². The van der Waals surface area contributed by atoms with Gasteiger partial charge in [0.2, 0.25) is 0 Å². The van der Waals surface area contributed by atoms with Crippen molar-refractivity contribution in [2.24, 2.45) is 0 Å². The van der Waals surface area contributed by atoms with Crippen molar-refractivity contribution in [3.8, 4) is 11.8 Å². The SMILES string of the molecule is N#Cc1ccccc1COc1ccc(CO)cc1Br. The van der Waals surface area contributed by atoms with Crippen LogP contribution >= 0.6 is 15.9 Å². The lowest BCUT2D eigenvalue weighted by atomic mass is 10.1. The van der Waals surface area contributed by atoms with Crippen molar-refractivity contribution in [3.63, 3.8) is 0 Å². The largest absolute Gasteiger partial charge is 0.488 e. The minimum absolute atomic E-state index is 0.00382. The number of ether oxygens (including phenoxy) is 1. The van der Waals surface area contributed by atoms with E-state index in [1.807, 2.05) is 24.3 Å². The second kappa shape index (κ2) is 6.37. The van der Waals surface area contributed by atoms with Crippen LogP contribution in [-0.2, 0) is 13.2 Å². The third-order valence-electron chi connectivity index (χ3n) is 2.70. The van der Waals surface area contributed by atoms with Crippen LogP contribution in [-0.4, -0.2) is 5.11 Å². The first kappa shape index (κ1) is 13.6. The Morgan fingerprint density at radius 3 is 2.68 bits per heavy atom. The maximum Gasteiger partial charge on any atom is 0.134 e. The molecule has 2 aromatic carbocycles. The minimum Gasteiger partial charge on any atom is -0.488 e. The summed E-state index contributed by atoms with van der Waals surface area (Å²) in [5, 5.41) is 18.0. The standard InChI is InChI=1S/C15H12BrNO2/c16-14-7-11(9-18)5-6-15(14)19-10-13-4-2-1-3-12(13)8-17/h1-7,18H,9-10H2. The van der Waals surface area contributed by atoms with Crippen molar-refractivity contribution in [2.45, 2.75) is 13.2 Å². The highest BCUT2D eigenvalue weighted by Gasteiger charge is 2.05. The quantitative estimate of drug-likeness (QED) is 0.940. The van der Waals surface area contributed by atoms with Crippen LogP contribution in [0.2, 0.25) is 0 Å². The molecular formula is C15H12BrNO2. The van der Waals surface area contributed by atoms with Crippen LogP contribution in [0, 0.1) is 11.3 Å². The number of hydrogen-bond acceptors (Lipinski definition) is 3. The molecule has 0 heterocycles. The Balaban J connectivity index is 2.13. The molecule has 0 fully saturated rings. The van der Waals surface area contributed by atoms with Crippen molar-refractivity contribution >= 4 is 15.9 Å². The lowest BCUT2D eigenvalue weighted by Crippen LogP contribution is -1.99. The van der Waals surface area contributed by atoms with Gasteiger partial charge in [-0.2, -0.15) is 5.26 Å². The van der Waals surface area contributed by atoms with Crippen LogP contribution in [0.1, 0.15) is 16.7 Å². The zero-order valence-corrected chi connectivity index (χ0v) is 11.7. The number of hydrogen-bond donors (Lipinski definition) is 1. The third kappa shape index (κ3) is 3.34. The van der Waals surface area contributed by atoms with Crippen LogP contribution < -0.4 is 4.74 Å². The number of halogens is 1. The van der Waals surface area contributed by atoms with Gasteiger partial charge in [0.05, 0.1) is 22.7 Å². The van der Waals surface area contributed by atoms with Gasteiger partial charge in [0.1, 0.15) is 12.4 Å². The van der Waals surface area contributed by atoms with Gasteiger partial charge in [0.25, 0.3) is 0 Å². The highest BCUT2D eigenvalue weighted by atomic mass is 79.9. The summed E-state index contributed by atoms with van der Waals surface area (Å²) >= 11 is 3.40. The summed E-state index contributed by atoms with van der Waals surface area (Å²) in [6, 6.07) is 14.9. The fourth-order valence-electron chi connectivity index (χ4n) is 1.67. The van der Waals surface area contributed by atoms with Gasteiger partial charge < -0.3 is 9.84 Å². The summed E-state index contributed by atoms with van der Waals surface area (Å²) < 4.78 is 6.47. The molecule has 2 rings (SSSR count). The third-order valence-corrected chi connectivity index (χ3v) is 3.32. The molecule has 0 unspecified atom stereocenters. The first-order valence-corrected chi connectivity index (χ1v) is 6.54. The van der Waals surface area contributed by atoms with Crippen molar-refractivity contribution in [1.82, 2.24) is 0 Å². The van der Waals surface area contributed by atoms with Gasteiger partial charge in [0, 0.05) is 5.56 Å². The zero-order valence-electron chi connectivity index (χ0n) is 10.1. The highest BCUT2D eigenvalue weighted by molar-refractivity contribution is 9.10. The number of benzene rings is 2. The fourth-order valence-corrected chi connectivity index (χ4v) is 2.21. The van der Waals surface area contributed by atoms with E-state index in [0.29, 0.717) is 17.9 Å². The number of aliphatic hydroxyl groups excluding tert-OH is 1. The van der Waals surface area contributed by atoms with Gasteiger partial charge in [-0.3, -0.25) is 0 Å². The van der Waals surface area contributed by atoms with Crippen LogP contribution in [0.25, 0.3) is 0 Å². The molecule has 0 aromatic heterocycles. The van der Waals surface area contributed by atoms with Crippen molar-refractivity contribution in [1.29, 1.82) is 5.26 Å². The maximum absolute atomic E-state index is 9.03. The number of aliphatic hydroxyl groups is 1. The maximum atomic E-state index is 9.03. The van der Waals surface area contributed by atoms with E-state index in [2.05, 4.69) is 22.0 Å². The van der Waals surface area contributed by atoms with Crippen LogP contribution in [0.4, 0.5) is 0 Å². The first-order chi connectivity index (χ1) is 9.24. The fraction of sp³-hybridized carbons (Fsp3) is 0.133. The smallest absolute Gasteiger partial charge is 0.134 e. The molecule has 19 heavy (non-hydrogen) atoms. The highest BCUT2D eigenvalue weighted by Crippen LogP contribution is 2.27. The molecule has 4 heteroatoms. The molecule has 0 radical (unpaired) electrons. The molecule has 0 amide bonds. The second-order valence-electron chi connectivity index (χ2n) is 3.98. The Kier molecular flexibility index (Phi) is 4.56. The van der Waals surface area contributed by atoms with Crippen molar-refractivity contribution in [3.05, 3.63) is 63.6 Å². The normalized spacial score (nSPS) is 9.95. The Morgan fingerprint density at radius 1 is 1.21 bits per heavy atom. The van der Waals surface area contributed by atoms with E-state index in [1.54, 1.807) is 18.2 Å². The summed E-state index contributed by atoms with van der Waals surface area (Å²) in [5.41, 5.74) is 2.28. The van der Waals surface area contributed by atoms with Gasteiger partial charge >= 0.3 is 0 Å². The van der Waals surface area contributed by atoms with E-state index >= 15 is 0 Å². The Hall–Kier alpha value is -1.83. The molecule has 0 aliphatic rings. The van der Waals surface area contributed by atoms with Gasteiger partial charge in [-0.1, -0.05) is 24.3 Å². The molecule has 0 spiro atoms. The van der Waals surface area contributed by atoms with E-state index < -0.39 is 0 Å². The molecule has 96 valence electrons. The van der Waals surface area contributed by atoms with E-state index in [9.17, 15) is 0 Å². The predicted molar refractivity (Wildman–Crippen MR) is 75.6 cm³/mol. The summed E-state index contributed by atoms with van der Waals surface area (Å²) in [6.45, 7) is 0.330. The topological polar surface area (TPSA) is 53.2 Å². The lowest BCUT2D eigenvalue weighted by molar-refractivity contribution is 0.280. The van der Waals surface area contributed by atoms with Gasteiger partial charge in [-0.05, 0) is 39.7 Å². The Bertz CT molecular complexity index is 620. The summed E-state index contributed by atoms with van der Waals surface area (Å²) in [7, 11) is 0. The number of rotatable bonds is 4. The van der Waals surface area contributed by atoms with Crippen molar-refractivity contribution in [2.75, 3.05) is 0 Å². The lowest BCUT2D eigenvalue weighted by Gasteiger charge is -2.10. The first-order valence-electron chi connectivity index (χ1n) is 5.74. The number of nitrogens with zero attached hydrogens (tertiary/aromatic N) is 1. The molecule has 0 aliphatic carbocycles. The second-order valence-corrected chi connectivity index (χ2v) is 4.83. The van der Waals surface area contributed by atoms with Crippen LogP contribution in [0.3, 0.4) is 0 Å². The monoisotopic (exact) mass is 317 g/mol. The molecule has 0 atom stereocenters. The Labute approximate surface area is 120 Å². The van der Waals surface area contributed by atoms with Gasteiger partial charge in [-0.15, -0.1) is 0 Å². The average Bonchev–Trinajstić information content (AvgIpc) is 2.46. The molecule has 0 bridgehead atoms. The summed E-state index contributed by atoms with van der Waals surface area (Å²) in [6.07, 6.45) is 0. The molecule has 2 aromatic rings. The molecule has 3 nitrogen and oxygen atoms in total. The summed E-state index contributed by atoms with van der Waals surface area (Å²) in [5.74, 6) is 0.685. The average molecular weight is 318 g/mol. The van der Waals surface area contributed by atoms with Crippen LogP contribution in [0.5, 0.6) is 5.75 Å². The number of nitriles is 1. The van der Waals surface area contributed by atoms with Gasteiger partial charge in [0.15, 0.2) is 0 Å². The zero-order chi connectivity index (χ0) is 13.7. The minimum atomic E-state index is -0.00382. The molecular weight excluding hydrogens is 306 g/mol. The Morgan fingerprint density at radius 2 is 2.00 bits per heavy atom. The van der Waals surface area contributed by atoms with Crippen molar-refractivity contribution < 1.29 is 9.84 Å². The summed E-state index contributed by atoms with van der Waals surface area (Å²) in [4.78, 5) is 0. The molecule has 0 saturated carbocycles. The van der Waals surface area contributed by atoms with Crippen LogP contribution in [0.15, 0.2) is 46.9 Å². The van der Waals surface area contributed by atoms with E-state index in [4.69, 9.17) is 15.1 Å². The van der Waals surface area contributed by atoms with E-state index in [-0.39, 0.29) is 6.61 Å².